The molecule has 1 aromatic rings. The van der Waals surface area contributed by atoms with Gasteiger partial charge in [0.25, 0.3) is 0 Å². The van der Waals surface area contributed by atoms with Crippen LogP contribution in [0.2, 0.25) is 0 Å². The summed E-state index contributed by atoms with van der Waals surface area (Å²) in [4.78, 5) is 1.77. The van der Waals surface area contributed by atoms with Gasteiger partial charge in [-0.15, -0.1) is 0 Å². The number of nitrogens with two attached hydrogens (primary N) is 1. The van der Waals surface area contributed by atoms with Crippen LogP contribution in [0.5, 0.6) is 5.75 Å². The summed E-state index contributed by atoms with van der Waals surface area (Å²) in [6, 6.07) is 9.67. The summed E-state index contributed by atoms with van der Waals surface area (Å²) >= 11 is 0. The Hall–Kier alpha value is -1.10. The topological polar surface area (TPSA) is 50.5 Å². The van der Waals surface area contributed by atoms with Crippen molar-refractivity contribution in [2.24, 2.45) is 0 Å². The molecule has 118 valence electrons. The lowest BCUT2D eigenvalue weighted by atomic mass is 10.1. The Labute approximate surface area is 128 Å². The molecule has 4 heteroatoms. The van der Waals surface area contributed by atoms with Gasteiger partial charge in [-0.2, -0.15) is 0 Å². The molecule has 4 N–H and O–H groups in total. The fourth-order valence-electron chi connectivity index (χ4n) is 2.89. The second kappa shape index (κ2) is 9.77. The number of likely N-dealkylation sites (tertiary alicyclic amines) is 1. The molecule has 0 spiro atoms. The van der Waals surface area contributed by atoms with Gasteiger partial charge >= 0.3 is 0 Å². The fourth-order valence-corrected chi connectivity index (χ4v) is 2.89. The molecule has 1 aromatic carbocycles. The molecular formula is C17H30N2O2+2. The maximum absolute atomic E-state index is 9.90. The highest BCUT2D eigenvalue weighted by molar-refractivity contribution is 5.20. The highest BCUT2D eigenvalue weighted by Gasteiger charge is 2.13. The molecule has 21 heavy (non-hydrogen) atoms. The van der Waals surface area contributed by atoms with Crippen LogP contribution in [0.25, 0.3) is 0 Å². The Morgan fingerprint density at radius 3 is 2.67 bits per heavy atom. The monoisotopic (exact) mass is 294 g/mol. The largest absolute Gasteiger partial charge is 0.491 e. The van der Waals surface area contributed by atoms with Gasteiger partial charge in [-0.05, 0) is 31.4 Å². The molecular weight excluding hydrogens is 264 g/mol. The molecule has 1 aliphatic rings. The minimum absolute atomic E-state index is 0.373. The number of benzene rings is 1. The minimum atomic E-state index is -0.396. The van der Waals surface area contributed by atoms with Crippen LogP contribution in [-0.4, -0.2) is 50.5 Å². The van der Waals surface area contributed by atoms with Crippen LogP contribution in [0.1, 0.15) is 25.7 Å². The van der Waals surface area contributed by atoms with Crippen LogP contribution in [0.15, 0.2) is 30.3 Å². The SMILES string of the molecule is O[C@@H](C[NH2+]CCC[NH+]1CCCCC1)COc1ccccc1. The van der Waals surface area contributed by atoms with E-state index >= 15 is 0 Å². The maximum Gasteiger partial charge on any atom is 0.137 e. The third-order valence-electron chi connectivity index (χ3n) is 4.12. The molecule has 0 bridgehead atoms. The second-order valence-electron chi connectivity index (χ2n) is 6.01. The number of piperidine rings is 1. The molecule has 0 aromatic heterocycles. The zero-order valence-corrected chi connectivity index (χ0v) is 13.0. The predicted molar refractivity (Wildman–Crippen MR) is 83.6 cm³/mol. The van der Waals surface area contributed by atoms with Gasteiger partial charge in [-0.25, -0.2) is 0 Å². The second-order valence-corrected chi connectivity index (χ2v) is 6.01. The summed E-state index contributed by atoms with van der Waals surface area (Å²) in [5, 5.41) is 12.1. The third-order valence-corrected chi connectivity index (χ3v) is 4.12. The molecule has 0 saturated carbocycles. The van der Waals surface area contributed by atoms with E-state index in [1.54, 1.807) is 4.90 Å². The van der Waals surface area contributed by atoms with E-state index in [0.717, 1.165) is 18.8 Å². The lowest BCUT2D eigenvalue weighted by Gasteiger charge is -2.23. The Morgan fingerprint density at radius 2 is 1.90 bits per heavy atom. The number of hydrogen-bond acceptors (Lipinski definition) is 2. The Morgan fingerprint density at radius 1 is 1.14 bits per heavy atom. The van der Waals surface area contributed by atoms with Crippen LogP contribution in [0, 0.1) is 0 Å². The maximum atomic E-state index is 9.90. The number of rotatable bonds is 9. The van der Waals surface area contributed by atoms with Crippen molar-refractivity contribution >= 4 is 0 Å². The highest BCUT2D eigenvalue weighted by atomic mass is 16.5. The average Bonchev–Trinajstić information content (AvgIpc) is 2.54. The molecule has 4 nitrogen and oxygen atoms in total. The van der Waals surface area contributed by atoms with Gasteiger partial charge in [0.15, 0.2) is 0 Å². The normalized spacial score (nSPS) is 17.6. The van der Waals surface area contributed by atoms with Crippen molar-refractivity contribution < 1.29 is 20.1 Å². The van der Waals surface area contributed by atoms with E-state index in [-0.39, 0.29) is 0 Å². The summed E-state index contributed by atoms with van der Waals surface area (Å²) in [6.45, 7) is 6.19. The highest BCUT2D eigenvalue weighted by Crippen LogP contribution is 2.08. The van der Waals surface area contributed by atoms with Gasteiger partial charge in [0.2, 0.25) is 0 Å². The quantitative estimate of drug-likeness (QED) is 0.535. The van der Waals surface area contributed by atoms with Gasteiger partial charge < -0.3 is 20.1 Å². The first-order valence-electron chi connectivity index (χ1n) is 8.36. The molecule has 1 saturated heterocycles. The first-order chi connectivity index (χ1) is 10.3. The minimum Gasteiger partial charge on any atom is -0.491 e. The van der Waals surface area contributed by atoms with Crippen molar-refractivity contribution in [3.63, 3.8) is 0 Å². The Balaban J connectivity index is 1.46. The molecule has 1 atom stereocenters. The number of aliphatic hydroxyl groups is 1. The van der Waals surface area contributed by atoms with Crippen molar-refractivity contribution in [1.29, 1.82) is 0 Å². The number of quaternary nitrogens is 2. The summed E-state index contributed by atoms with van der Waals surface area (Å²) < 4.78 is 5.55. The van der Waals surface area contributed by atoms with Crippen LogP contribution < -0.4 is 15.0 Å². The molecule has 1 fully saturated rings. The molecule has 1 heterocycles. The van der Waals surface area contributed by atoms with E-state index in [1.165, 1.54) is 45.3 Å². The summed E-state index contributed by atoms with van der Waals surface area (Å²) in [7, 11) is 0. The zero-order chi connectivity index (χ0) is 14.8. The van der Waals surface area contributed by atoms with E-state index < -0.39 is 6.10 Å². The summed E-state index contributed by atoms with van der Waals surface area (Å²) in [5.41, 5.74) is 0. The van der Waals surface area contributed by atoms with E-state index in [9.17, 15) is 5.11 Å². The lowest BCUT2D eigenvalue weighted by Crippen LogP contribution is -3.13. The van der Waals surface area contributed by atoms with Crippen molar-refractivity contribution in [1.82, 2.24) is 0 Å². The molecule has 0 aliphatic carbocycles. The van der Waals surface area contributed by atoms with Gasteiger partial charge in [0.05, 0.1) is 26.2 Å². The number of aliphatic hydroxyl groups excluding tert-OH is 1. The Bertz CT molecular complexity index is 366. The summed E-state index contributed by atoms with van der Waals surface area (Å²) in [5.74, 6) is 0.824. The lowest BCUT2D eigenvalue weighted by molar-refractivity contribution is -0.906. The van der Waals surface area contributed by atoms with E-state index in [2.05, 4.69) is 5.32 Å². The number of para-hydroxylation sites is 1. The first-order valence-corrected chi connectivity index (χ1v) is 8.36. The van der Waals surface area contributed by atoms with E-state index in [4.69, 9.17) is 4.74 Å². The van der Waals surface area contributed by atoms with Crippen LogP contribution in [0.4, 0.5) is 0 Å². The van der Waals surface area contributed by atoms with Crippen molar-refractivity contribution in [2.75, 3.05) is 39.3 Å². The third kappa shape index (κ3) is 6.93. The number of ether oxygens (including phenoxy) is 1. The van der Waals surface area contributed by atoms with Gasteiger partial charge in [-0.3, -0.25) is 0 Å². The van der Waals surface area contributed by atoms with Crippen LogP contribution in [0.3, 0.4) is 0 Å². The molecule has 0 amide bonds. The first kappa shape index (κ1) is 16.3. The van der Waals surface area contributed by atoms with Gasteiger partial charge in [0.1, 0.15) is 25.0 Å². The Kier molecular flexibility index (Phi) is 7.57. The molecule has 0 unspecified atom stereocenters. The number of nitrogens with one attached hydrogen (secondary N) is 1. The van der Waals surface area contributed by atoms with E-state index in [0.29, 0.717) is 6.61 Å². The fraction of sp³-hybridized carbons (Fsp3) is 0.647. The van der Waals surface area contributed by atoms with E-state index in [1.807, 2.05) is 30.3 Å². The number of hydrogen-bond donors (Lipinski definition) is 3. The average molecular weight is 294 g/mol. The van der Waals surface area contributed by atoms with Gasteiger partial charge in [-0.1, -0.05) is 18.2 Å². The van der Waals surface area contributed by atoms with Crippen molar-refractivity contribution in [2.45, 2.75) is 31.8 Å². The van der Waals surface area contributed by atoms with Crippen LogP contribution >= 0.6 is 0 Å². The van der Waals surface area contributed by atoms with Crippen molar-refractivity contribution in [3.05, 3.63) is 30.3 Å². The zero-order valence-electron chi connectivity index (χ0n) is 13.0. The van der Waals surface area contributed by atoms with Crippen molar-refractivity contribution in [3.8, 4) is 5.75 Å². The van der Waals surface area contributed by atoms with Gasteiger partial charge in [0, 0.05) is 6.42 Å². The standard InChI is InChI=1S/C17H28N2O2/c20-16(15-21-17-8-3-1-4-9-17)14-18-10-7-13-19-11-5-2-6-12-19/h1,3-4,8-9,16,18,20H,2,5-7,10-15H2/p+2/t16-/m0/s1. The van der Waals surface area contributed by atoms with Crippen LogP contribution in [-0.2, 0) is 0 Å². The summed E-state index contributed by atoms with van der Waals surface area (Å²) in [6.07, 6.45) is 5.06. The smallest absolute Gasteiger partial charge is 0.137 e. The predicted octanol–water partition coefficient (Wildman–Crippen LogP) is -0.551. The molecule has 2 rings (SSSR count). The molecule has 0 radical (unpaired) electrons. The molecule has 1 aliphatic heterocycles.